The molecule has 3 aromatic rings. The van der Waals surface area contributed by atoms with E-state index in [1.807, 2.05) is 20.8 Å². The molecule has 0 aromatic carbocycles. The minimum absolute atomic E-state index is 0.119. The van der Waals surface area contributed by atoms with Crippen LogP contribution in [0.2, 0.25) is 0 Å². The Hall–Kier alpha value is -2.77. The van der Waals surface area contributed by atoms with Crippen LogP contribution < -0.4 is 5.32 Å². The Morgan fingerprint density at radius 3 is 2.76 bits per heavy atom. The average molecular weight is 285 g/mol. The van der Waals surface area contributed by atoms with Crippen molar-refractivity contribution in [2.75, 3.05) is 5.32 Å². The van der Waals surface area contributed by atoms with Crippen molar-refractivity contribution in [1.29, 1.82) is 0 Å². The second-order valence-corrected chi connectivity index (χ2v) is 5.59. The number of nitrogens with zero attached hydrogens (tertiary/aromatic N) is 6. The zero-order chi connectivity index (χ0) is 15.0. The first kappa shape index (κ1) is 13.2. The number of anilines is 1. The number of carbonyl (C=O) groups excluding carboxylic acids is 1. The molecule has 0 fully saturated rings. The highest BCUT2D eigenvalue weighted by Gasteiger charge is 2.19. The van der Waals surface area contributed by atoms with E-state index >= 15 is 0 Å². The molecule has 1 amide bonds. The van der Waals surface area contributed by atoms with Crippen LogP contribution >= 0.6 is 0 Å². The second-order valence-electron chi connectivity index (χ2n) is 5.59. The molecular weight excluding hydrogens is 270 g/mol. The lowest BCUT2D eigenvalue weighted by Crippen LogP contribution is -2.23. The second kappa shape index (κ2) is 4.65. The topological polar surface area (TPSA) is 90.0 Å². The van der Waals surface area contributed by atoms with Gasteiger partial charge in [-0.05, 0) is 20.8 Å². The Labute approximate surface area is 120 Å². The maximum atomic E-state index is 12.2. The molecule has 0 spiro atoms. The average Bonchev–Trinajstić information content (AvgIpc) is 3.05. The number of hydrogen-bond acceptors (Lipinski definition) is 5. The summed E-state index contributed by atoms with van der Waals surface area (Å²) in [5.41, 5.74) is 0.432. The zero-order valence-corrected chi connectivity index (χ0v) is 12.0. The Morgan fingerprint density at radius 1 is 1.24 bits per heavy atom. The van der Waals surface area contributed by atoms with Crippen LogP contribution in [-0.2, 0) is 5.54 Å². The standard InChI is InChI=1S/C13H15N7O/c1-13(2,3)20-8-16-11(18-20)12(21)17-10-7-15-9-6-14-4-5-19(9)10/h4-8H,1-3H3,(H,17,21). The highest BCUT2D eigenvalue weighted by atomic mass is 16.2. The van der Waals surface area contributed by atoms with E-state index in [2.05, 4.69) is 25.4 Å². The van der Waals surface area contributed by atoms with Crippen molar-refractivity contribution in [3.63, 3.8) is 0 Å². The molecule has 0 bridgehead atoms. The summed E-state index contributed by atoms with van der Waals surface area (Å²) in [5, 5.41) is 6.93. The molecule has 3 rings (SSSR count). The Balaban J connectivity index is 1.85. The van der Waals surface area contributed by atoms with Crippen LogP contribution in [-0.4, -0.2) is 35.0 Å². The lowest BCUT2D eigenvalue weighted by molar-refractivity contribution is 0.101. The van der Waals surface area contributed by atoms with E-state index in [0.717, 1.165) is 0 Å². The number of rotatable bonds is 2. The number of aromatic nitrogens is 6. The summed E-state index contributed by atoms with van der Waals surface area (Å²) < 4.78 is 3.38. The molecule has 21 heavy (non-hydrogen) atoms. The molecule has 0 atom stereocenters. The van der Waals surface area contributed by atoms with Gasteiger partial charge in [-0.3, -0.25) is 14.2 Å². The van der Waals surface area contributed by atoms with E-state index in [1.165, 1.54) is 0 Å². The van der Waals surface area contributed by atoms with E-state index < -0.39 is 0 Å². The minimum atomic E-state index is -0.378. The van der Waals surface area contributed by atoms with Crippen LogP contribution in [0.25, 0.3) is 5.65 Å². The van der Waals surface area contributed by atoms with Gasteiger partial charge in [-0.25, -0.2) is 14.6 Å². The van der Waals surface area contributed by atoms with E-state index in [0.29, 0.717) is 11.5 Å². The van der Waals surface area contributed by atoms with Crippen molar-refractivity contribution in [1.82, 2.24) is 29.1 Å². The SMILES string of the molecule is CC(C)(C)n1cnc(C(=O)Nc2cnc3cnccn23)n1. The van der Waals surface area contributed by atoms with Crippen molar-refractivity contribution in [3.05, 3.63) is 36.9 Å². The highest BCUT2D eigenvalue weighted by molar-refractivity contribution is 6.01. The van der Waals surface area contributed by atoms with Crippen LogP contribution in [0.1, 0.15) is 31.4 Å². The fourth-order valence-corrected chi connectivity index (χ4v) is 1.80. The highest BCUT2D eigenvalue weighted by Crippen LogP contribution is 2.13. The Morgan fingerprint density at radius 2 is 2.05 bits per heavy atom. The normalized spacial score (nSPS) is 11.8. The molecule has 0 aliphatic heterocycles. The van der Waals surface area contributed by atoms with E-state index in [4.69, 9.17) is 0 Å². The fourth-order valence-electron chi connectivity index (χ4n) is 1.80. The largest absolute Gasteiger partial charge is 0.304 e. The molecule has 0 radical (unpaired) electrons. The number of nitrogens with one attached hydrogen (secondary N) is 1. The summed E-state index contributed by atoms with van der Waals surface area (Å²) in [7, 11) is 0. The summed E-state index contributed by atoms with van der Waals surface area (Å²) in [4.78, 5) is 24.4. The van der Waals surface area contributed by atoms with Gasteiger partial charge in [-0.2, -0.15) is 0 Å². The molecule has 1 N–H and O–H groups in total. The van der Waals surface area contributed by atoms with Gasteiger partial charge in [0.2, 0.25) is 5.82 Å². The summed E-state index contributed by atoms with van der Waals surface area (Å²) in [6.45, 7) is 5.96. The lowest BCUT2D eigenvalue weighted by Gasteiger charge is -2.17. The van der Waals surface area contributed by atoms with Gasteiger partial charge in [0.15, 0.2) is 5.65 Å². The van der Waals surface area contributed by atoms with Gasteiger partial charge in [0.25, 0.3) is 5.91 Å². The van der Waals surface area contributed by atoms with Crippen LogP contribution in [0.3, 0.4) is 0 Å². The molecule has 8 heteroatoms. The first-order chi connectivity index (χ1) is 9.95. The van der Waals surface area contributed by atoms with Gasteiger partial charge in [-0.1, -0.05) is 0 Å². The number of imidazole rings is 1. The van der Waals surface area contributed by atoms with Crippen LogP contribution in [0, 0.1) is 0 Å². The molecule has 0 unspecified atom stereocenters. The lowest BCUT2D eigenvalue weighted by atomic mass is 10.1. The summed E-state index contributed by atoms with van der Waals surface area (Å²) in [6, 6.07) is 0. The molecule has 0 aliphatic carbocycles. The van der Waals surface area contributed by atoms with Gasteiger partial charge < -0.3 is 5.32 Å². The summed E-state index contributed by atoms with van der Waals surface area (Å²) in [5.74, 6) is 0.287. The van der Waals surface area contributed by atoms with E-state index in [1.54, 1.807) is 40.2 Å². The van der Waals surface area contributed by atoms with Gasteiger partial charge in [0.05, 0.1) is 17.9 Å². The zero-order valence-electron chi connectivity index (χ0n) is 12.0. The van der Waals surface area contributed by atoms with Crippen LogP contribution in [0.4, 0.5) is 5.82 Å². The van der Waals surface area contributed by atoms with Crippen LogP contribution in [0.15, 0.2) is 31.1 Å². The van der Waals surface area contributed by atoms with Gasteiger partial charge in [-0.15, -0.1) is 5.10 Å². The molecule has 0 aliphatic rings. The van der Waals surface area contributed by atoms with Crippen molar-refractivity contribution >= 4 is 17.4 Å². The Bertz CT molecular complexity index is 796. The third kappa shape index (κ3) is 2.47. The molecule has 3 heterocycles. The van der Waals surface area contributed by atoms with Crippen LogP contribution in [0.5, 0.6) is 0 Å². The number of amides is 1. The molecule has 108 valence electrons. The van der Waals surface area contributed by atoms with Crippen molar-refractivity contribution < 1.29 is 4.79 Å². The van der Waals surface area contributed by atoms with Gasteiger partial charge in [0, 0.05) is 12.4 Å². The predicted octanol–water partition coefficient (Wildman–Crippen LogP) is 1.33. The third-order valence-electron chi connectivity index (χ3n) is 2.94. The maximum absolute atomic E-state index is 12.2. The summed E-state index contributed by atoms with van der Waals surface area (Å²) >= 11 is 0. The quantitative estimate of drug-likeness (QED) is 0.767. The third-order valence-corrected chi connectivity index (χ3v) is 2.94. The molecular formula is C13H15N7O. The maximum Gasteiger partial charge on any atom is 0.296 e. The molecule has 3 aromatic heterocycles. The molecule has 8 nitrogen and oxygen atoms in total. The monoisotopic (exact) mass is 285 g/mol. The molecule has 0 saturated carbocycles. The number of fused-ring (bicyclic) bond motifs is 1. The van der Waals surface area contributed by atoms with Crippen molar-refractivity contribution in [2.24, 2.45) is 0 Å². The molecule has 0 saturated heterocycles. The predicted molar refractivity (Wildman–Crippen MR) is 76.0 cm³/mol. The minimum Gasteiger partial charge on any atom is -0.304 e. The first-order valence-electron chi connectivity index (χ1n) is 6.46. The number of hydrogen-bond donors (Lipinski definition) is 1. The summed E-state index contributed by atoms with van der Waals surface area (Å²) in [6.07, 6.45) is 8.07. The number of carbonyl (C=O) groups is 1. The fraction of sp³-hybridized carbons (Fsp3) is 0.308. The van der Waals surface area contributed by atoms with E-state index in [9.17, 15) is 4.79 Å². The van der Waals surface area contributed by atoms with Crippen molar-refractivity contribution in [3.8, 4) is 0 Å². The van der Waals surface area contributed by atoms with E-state index in [-0.39, 0.29) is 17.3 Å². The first-order valence-corrected chi connectivity index (χ1v) is 6.46. The van der Waals surface area contributed by atoms with Gasteiger partial charge in [0.1, 0.15) is 12.1 Å². The smallest absolute Gasteiger partial charge is 0.296 e. The van der Waals surface area contributed by atoms with Gasteiger partial charge >= 0.3 is 0 Å². The van der Waals surface area contributed by atoms with Crippen molar-refractivity contribution in [2.45, 2.75) is 26.3 Å². The Kier molecular flexibility index (Phi) is 2.93.